The van der Waals surface area contributed by atoms with Crippen molar-refractivity contribution in [3.8, 4) is 5.69 Å². The summed E-state index contributed by atoms with van der Waals surface area (Å²) in [4.78, 5) is 12.1. The van der Waals surface area contributed by atoms with E-state index in [2.05, 4.69) is 20.8 Å². The van der Waals surface area contributed by atoms with Gasteiger partial charge in [-0.1, -0.05) is 25.0 Å². The zero-order valence-electron chi connectivity index (χ0n) is 13.0. The van der Waals surface area contributed by atoms with Gasteiger partial charge in [0.2, 0.25) is 5.91 Å². The van der Waals surface area contributed by atoms with Crippen LogP contribution in [0.25, 0.3) is 5.69 Å². The van der Waals surface area contributed by atoms with E-state index in [4.69, 9.17) is 0 Å². The molecule has 0 bridgehead atoms. The van der Waals surface area contributed by atoms with Gasteiger partial charge in [0.15, 0.2) is 0 Å². The Morgan fingerprint density at radius 3 is 2.61 bits per heavy atom. The molecule has 3 rings (SSSR count). The number of hydrogen-bond donors (Lipinski definition) is 2. The maximum atomic E-state index is 12.1. The summed E-state index contributed by atoms with van der Waals surface area (Å²) in [6.45, 7) is 0.707. The fraction of sp³-hybridized carbons (Fsp3) is 0.500. The Hall–Kier alpha value is -2.28. The number of aliphatic hydroxyl groups excluding tert-OH is 1. The molecular weight excluding hydrogens is 294 g/mol. The number of carbonyl (C=O) groups is 1. The zero-order valence-corrected chi connectivity index (χ0v) is 13.0. The molecule has 1 heterocycles. The summed E-state index contributed by atoms with van der Waals surface area (Å²) < 4.78 is 1.56. The van der Waals surface area contributed by atoms with Gasteiger partial charge >= 0.3 is 0 Å². The minimum atomic E-state index is -0.111. The Balaban J connectivity index is 1.53. The Morgan fingerprint density at radius 2 is 2.00 bits per heavy atom. The van der Waals surface area contributed by atoms with Crippen LogP contribution in [0.2, 0.25) is 0 Å². The van der Waals surface area contributed by atoms with E-state index in [-0.39, 0.29) is 17.9 Å². The summed E-state index contributed by atoms with van der Waals surface area (Å²) in [5.41, 5.74) is 1.67. The Bertz CT molecular complexity index is 633. The summed E-state index contributed by atoms with van der Waals surface area (Å²) >= 11 is 0. The molecule has 1 aliphatic carbocycles. The maximum absolute atomic E-state index is 12.1. The quantitative estimate of drug-likeness (QED) is 0.825. The van der Waals surface area contributed by atoms with Crippen molar-refractivity contribution in [3.63, 3.8) is 0 Å². The molecular formula is C16H21N5O2. The molecule has 2 N–H and O–H groups in total. The minimum Gasteiger partial charge on any atom is -0.396 e. The Labute approximate surface area is 134 Å². The molecule has 1 amide bonds. The second kappa shape index (κ2) is 6.87. The third kappa shape index (κ3) is 3.73. The number of aromatic nitrogens is 4. The van der Waals surface area contributed by atoms with Gasteiger partial charge in [-0.3, -0.25) is 4.79 Å². The van der Waals surface area contributed by atoms with E-state index in [0.29, 0.717) is 13.0 Å². The first-order chi connectivity index (χ1) is 11.2. The topological polar surface area (TPSA) is 92.9 Å². The van der Waals surface area contributed by atoms with Crippen LogP contribution in [0.3, 0.4) is 0 Å². The molecule has 0 unspecified atom stereocenters. The van der Waals surface area contributed by atoms with E-state index in [1.54, 1.807) is 4.68 Å². The molecule has 0 saturated heterocycles. The van der Waals surface area contributed by atoms with E-state index in [9.17, 15) is 9.90 Å². The van der Waals surface area contributed by atoms with Gasteiger partial charge in [-0.2, -0.15) is 0 Å². The third-order valence-electron chi connectivity index (χ3n) is 4.57. The number of nitrogens with zero attached hydrogens (tertiary/aromatic N) is 4. The smallest absolute Gasteiger partial charge is 0.224 e. The lowest BCUT2D eigenvalue weighted by atomic mass is 9.87. The van der Waals surface area contributed by atoms with E-state index < -0.39 is 0 Å². The summed E-state index contributed by atoms with van der Waals surface area (Å²) in [7, 11) is 0. The predicted octanol–water partition coefficient (Wildman–Crippen LogP) is 0.874. The molecule has 0 aliphatic heterocycles. The van der Waals surface area contributed by atoms with E-state index in [0.717, 1.165) is 36.9 Å². The SMILES string of the molecule is O=C(Cc1ccc(-n2cnnn2)cc1)NCC1(CO)CCCC1. The van der Waals surface area contributed by atoms with Crippen LogP contribution in [0.15, 0.2) is 30.6 Å². The lowest BCUT2D eigenvalue weighted by Crippen LogP contribution is -2.38. The second-order valence-corrected chi connectivity index (χ2v) is 6.24. The van der Waals surface area contributed by atoms with Crippen molar-refractivity contribution in [2.45, 2.75) is 32.1 Å². The molecule has 2 aromatic rings. The highest BCUT2D eigenvalue weighted by Gasteiger charge is 2.33. The van der Waals surface area contributed by atoms with Crippen molar-refractivity contribution >= 4 is 5.91 Å². The molecule has 0 spiro atoms. The van der Waals surface area contributed by atoms with Gasteiger partial charge in [0, 0.05) is 12.0 Å². The normalized spacial score (nSPS) is 16.4. The number of amides is 1. The van der Waals surface area contributed by atoms with Crippen molar-refractivity contribution < 1.29 is 9.90 Å². The molecule has 1 saturated carbocycles. The standard InChI is InChI=1S/C16H21N5O2/c22-11-16(7-1-2-8-16)10-17-15(23)9-13-3-5-14(6-4-13)21-12-18-19-20-21/h3-6,12,22H,1-2,7-11H2,(H,17,23). The highest BCUT2D eigenvalue weighted by Crippen LogP contribution is 2.36. The van der Waals surface area contributed by atoms with Crippen LogP contribution in [0.5, 0.6) is 0 Å². The van der Waals surface area contributed by atoms with Crippen molar-refractivity contribution in [2.24, 2.45) is 5.41 Å². The highest BCUT2D eigenvalue weighted by molar-refractivity contribution is 5.78. The third-order valence-corrected chi connectivity index (χ3v) is 4.57. The fourth-order valence-electron chi connectivity index (χ4n) is 3.10. The van der Waals surface area contributed by atoms with Crippen LogP contribution in [0, 0.1) is 5.41 Å². The lowest BCUT2D eigenvalue weighted by molar-refractivity contribution is -0.121. The molecule has 1 fully saturated rings. The van der Waals surface area contributed by atoms with E-state index >= 15 is 0 Å². The number of tetrazole rings is 1. The largest absolute Gasteiger partial charge is 0.396 e. The number of aliphatic hydroxyl groups is 1. The molecule has 1 aliphatic rings. The monoisotopic (exact) mass is 315 g/mol. The Morgan fingerprint density at radius 1 is 1.26 bits per heavy atom. The first-order valence-corrected chi connectivity index (χ1v) is 7.91. The number of rotatable bonds is 6. The van der Waals surface area contributed by atoms with Gasteiger partial charge in [-0.05, 0) is 41.0 Å². The van der Waals surface area contributed by atoms with Gasteiger partial charge in [0.25, 0.3) is 0 Å². The number of carbonyl (C=O) groups excluding carboxylic acids is 1. The molecule has 0 atom stereocenters. The summed E-state index contributed by atoms with van der Waals surface area (Å²) in [6.07, 6.45) is 6.11. The molecule has 7 nitrogen and oxygen atoms in total. The summed E-state index contributed by atoms with van der Waals surface area (Å²) in [5, 5.41) is 23.5. The first kappa shape index (κ1) is 15.6. The van der Waals surface area contributed by atoms with Crippen LogP contribution >= 0.6 is 0 Å². The first-order valence-electron chi connectivity index (χ1n) is 7.91. The van der Waals surface area contributed by atoms with Crippen LogP contribution in [0.1, 0.15) is 31.2 Å². The van der Waals surface area contributed by atoms with Gasteiger partial charge in [0.1, 0.15) is 6.33 Å². The average molecular weight is 315 g/mol. The fourth-order valence-corrected chi connectivity index (χ4v) is 3.10. The van der Waals surface area contributed by atoms with Gasteiger partial charge in [0.05, 0.1) is 18.7 Å². The highest BCUT2D eigenvalue weighted by atomic mass is 16.3. The van der Waals surface area contributed by atoms with Crippen LogP contribution in [0.4, 0.5) is 0 Å². The van der Waals surface area contributed by atoms with Crippen LogP contribution in [-0.2, 0) is 11.2 Å². The second-order valence-electron chi connectivity index (χ2n) is 6.24. The van der Waals surface area contributed by atoms with Gasteiger partial charge in [-0.15, -0.1) is 5.10 Å². The molecule has 122 valence electrons. The lowest BCUT2D eigenvalue weighted by Gasteiger charge is -2.26. The van der Waals surface area contributed by atoms with Crippen molar-refractivity contribution in [3.05, 3.63) is 36.2 Å². The zero-order chi connectivity index (χ0) is 16.1. The summed E-state index contributed by atoms with van der Waals surface area (Å²) in [5.74, 6) is -0.0140. The molecule has 0 radical (unpaired) electrons. The van der Waals surface area contributed by atoms with E-state index in [1.807, 2.05) is 24.3 Å². The van der Waals surface area contributed by atoms with Crippen LogP contribution in [-0.4, -0.2) is 44.4 Å². The van der Waals surface area contributed by atoms with Crippen molar-refractivity contribution in [2.75, 3.05) is 13.2 Å². The van der Waals surface area contributed by atoms with Crippen LogP contribution < -0.4 is 5.32 Å². The van der Waals surface area contributed by atoms with Crippen molar-refractivity contribution in [1.29, 1.82) is 0 Å². The van der Waals surface area contributed by atoms with Gasteiger partial charge in [-0.25, -0.2) is 4.68 Å². The predicted molar refractivity (Wildman–Crippen MR) is 83.9 cm³/mol. The molecule has 1 aromatic carbocycles. The number of benzene rings is 1. The van der Waals surface area contributed by atoms with Gasteiger partial charge < -0.3 is 10.4 Å². The van der Waals surface area contributed by atoms with Crippen molar-refractivity contribution in [1.82, 2.24) is 25.5 Å². The Kier molecular flexibility index (Phi) is 4.66. The molecule has 23 heavy (non-hydrogen) atoms. The molecule has 1 aromatic heterocycles. The maximum Gasteiger partial charge on any atom is 0.224 e. The number of hydrogen-bond acceptors (Lipinski definition) is 5. The number of nitrogens with one attached hydrogen (secondary N) is 1. The minimum absolute atomic E-state index is 0.0140. The summed E-state index contributed by atoms with van der Waals surface area (Å²) in [6, 6.07) is 7.55. The molecule has 7 heteroatoms. The average Bonchev–Trinajstić information content (AvgIpc) is 3.26. The van der Waals surface area contributed by atoms with E-state index in [1.165, 1.54) is 6.33 Å².